The maximum absolute atomic E-state index is 13.5. The first-order valence-electron chi connectivity index (χ1n) is 6.51. The smallest absolute Gasteiger partial charge is 0.130 e. The summed E-state index contributed by atoms with van der Waals surface area (Å²) in [5.41, 5.74) is 1.06. The molecule has 1 atom stereocenters. The molecule has 2 rings (SSSR count). The highest BCUT2D eigenvalue weighted by Gasteiger charge is 2.12. The zero-order valence-corrected chi connectivity index (χ0v) is 11.0. The highest BCUT2D eigenvalue weighted by Crippen LogP contribution is 2.12. The summed E-state index contributed by atoms with van der Waals surface area (Å²) in [5.74, 6) is -1.15. The van der Waals surface area contributed by atoms with Gasteiger partial charge in [-0.2, -0.15) is 0 Å². The Kier molecular flexibility index (Phi) is 5.21. The molecule has 1 unspecified atom stereocenters. The molecule has 2 aromatic rings. The Balaban J connectivity index is 1.97. The first-order chi connectivity index (χ1) is 9.70. The molecule has 20 heavy (non-hydrogen) atoms. The van der Waals surface area contributed by atoms with Crippen LogP contribution in [-0.4, -0.2) is 17.8 Å². The third kappa shape index (κ3) is 3.85. The molecule has 0 amide bonds. The number of nitrogens with one attached hydrogen (secondary N) is 1. The molecule has 0 aliphatic carbocycles. The van der Waals surface area contributed by atoms with Crippen molar-refractivity contribution < 1.29 is 13.9 Å². The van der Waals surface area contributed by atoms with Gasteiger partial charge in [-0.3, -0.25) is 0 Å². The minimum absolute atomic E-state index is 0.000915. The Labute approximate surface area is 117 Å². The molecule has 0 heterocycles. The molecular weight excluding hydrogens is 260 g/mol. The number of hydrogen-bond acceptors (Lipinski definition) is 2. The van der Waals surface area contributed by atoms with Crippen molar-refractivity contribution >= 4 is 0 Å². The van der Waals surface area contributed by atoms with Crippen LogP contribution in [0.4, 0.5) is 8.78 Å². The normalized spacial score (nSPS) is 12.3. The molecule has 2 aromatic carbocycles. The van der Waals surface area contributed by atoms with Crippen molar-refractivity contribution in [1.29, 1.82) is 0 Å². The van der Waals surface area contributed by atoms with Crippen molar-refractivity contribution in [3.63, 3.8) is 0 Å². The number of halogens is 2. The zero-order chi connectivity index (χ0) is 14.4. The third-order valence-electron chi connectivity index (χ3n) is 3.17. The van der Waals surface area contributed by atoms with Crippen molar-refractivity contribution in [1.82, 2.24) is 5.32 Å². The molecule has 2 N–H and O–H groups in total. The van der Waals surface area contributed by atoms with Crippen LogP contribution in [0.25, 0.3) is 0 Å². The van der Waals surface area contributed by atoms with Crippen LogP contribution in [0.3, 0.4) is 0 Å². The van der Waals surface area contributed by atoms with Gasteiger partial charge < -0.3 is 10.4 Å². The van der Waals surface area contributed by atoms with E-state index in [1.807, 2.05) is 30.3 Å². The average Bonchev–Trinajstić information content (AvgIpc) is 2.46. The third-order valence-corrected chi connectivity index (χ3v) is 3.17. The fraction of sp³-hybridized carbons (Fsp3) is 0.250. The van der Waals surface area contributed by atoms with E-state index in [1.54, 1.807) is 0 Å². The predicted molar refractivity (Wildman–Crippen MR) is 74.2 cm³/mol. The molecule has 0 bridgehead atoms. The number of hydrogen-bond donors (Lipinski definition) is 2. The zero-order valence-electron chi connectivity index (χ0n) is 11.0. The van der Waals surface area contributed by atoms with Crippen molar-refractivity contribution in [3.8, 4) is 0 Å². The van der Waals surface area contributed by atoms with Crippen molar-refractivity contribution in [3.05, 3.63) is 71.3 Å². The first kappa shape index (κ1) is 14.6. The Morgan fingerprint density at radius 2 is 1.60 bits per heavy atom. The lowest BCUT2D eigenvalue weighted by Crippen LogP contribution is -2.34. The number of rotatable bonds is 6. The van der Waals surface area contributed by atoms with E-state index < -0.39 is 11.6 Å². The molecule has 0 fully saturated rings. The second-order valence-corrected chi connectivity index (χ2v) is 4.65. The van der Waals surface area contributed by atoms with E-state index in [0.29, 0.717) is 6.42 Å². The summed E-state index contributed by atoms with van der Waals surface area (Å²) in [4.78, 5) is 0. The number of aliphatic hydroxyl groups excluding tert-OH is 1. The van der Waals surface area contributed by atoms with Crippen molar-refractivity contribution in [2.75, 3.05) is 6.61 Å². The topological polar surface area (TPSA) is 32.3 Å². The summed E-state index contributed by atoms with van der Waals surface area (Å²) in [5, 5.41) is 12.3. The van der Waals surface area contributed by atoms with E-state index >= 15 is 0 Å². The Bertz CT molecular complexity index is 525. The van der Waals surface area contributed by atoms with E-state index in [1.165, 1.54) is 18.2 Å². The van der Waals surface area contributed by atoms with Crippen LogP contribution in [0.1, 0.15) is 11.1 Å². The van der Waals surface area contributed by atoms with E-state index in [4.69, 9.17) is 0 Å². The Hall–Kier alpha value is -1.78. The molecule has 0 aromatic heterocycles. The summed E-state index contributed by atoms with van der Waals surface area (Å²) in [6, 6.07) is 13.2. The quantitative estimate of drug-likeness (QED) is 0.851. The van der Waals surface area contributed by atoms with Gasteiger partial charge in [0.05, 0.1) is 6.61 Å². The average molecular weight is 277 g/mol. The molecule has 2 nitrogen and oxygen atoms in total. The lowest BCUT2D eigenvalue weighted by Gasteiger charge is -2.17. The molecule has 0 aliphatic rings. The van der Waals surface area contributed by atoms with E-state index in [9.17, 15) is 13.9 Å². The summed E-state index contributed by atoms with van der Waals surface area (Å²) in [6.45, 7) is -0.0401. The fourth-order valence-corrected chi connectivity index (χ4v) is 2.05. The van der Waals surface area contributed by atoms with E-state index in [-0.39, 0.29) is 24.8 Å². The van der Waals surface area contributed by atoms with Crippen molar-refractivity contribution in [2.24, 2.45) is 0 Å². The van der Waals surface area contributed by atoms with Gasteiger partial charge in [-0.15, -0.1) is 0 Å². The van der Waals surface area contributed by atoms with Gasteiger partial charge in [-0.1, -0.05) is 36.4 Å². The van der Waals surface area contributed by atoms with Crippen LogP contribution >= 0.6 is 0 Å². The van der Waals surface area contributed by atoms with Crippen molar-refractivity contribution in [2.45, 2.75) is 19.0 Å². The van der Waals surface area contributed by atoms with E-state index in [0.717, 1.165) is 5.56 Å². The van der Waals surface area contributed by atoms with Gasteiger partial charge in [-0.25, -0.2) is 8.78 Å². The maximum Gasteiger partial charge on any atom is 0.130 e. The molecule has 0 saturated heterocycles. The molecule has 0 aliphatic heterocycles. The van der Waals surface area contributed by atoms with Crippen LogP contribution in [0.15, 0.2) is 48.5 Å². The maximum atomic E-state index is 13.5. The Morgan fingerprint density at radius 1 is 0.950 bits per heavy atom. The second kappa shape index (κ2) is 7.12. The van der Waals surface area contributed by atoms with E-state index in [2.05, 4.69) is 5.32 Å². The molecule has 0 saturated carbocycles. The molecular formula is C16H17F2NO. The van der Waals surface area contributed by atoms with Gasteiger partial charge in [0.1, 0.15) is 11.6 Å². The van der Waals surface area contributed by atoms with Crippen LogP contribution in [0.5, 0.6) is 0 Å². The minimum atomic E-state index is -0.575. The fourth-order valence-electron chi connectivity index (χ4n) is 2.05. The first-order valence-corrected chi connectivity index (χ1v) is 6.51. The molecule has 0 spiro atoms. The molecule has 0 radical (unpaired) electrons. The predicted octanol–water partition coefficient (Wildman–Crippen LogP) is 2.66. The van der Waals surface area contributed by atoms with Gasteiger partial charge in [0.2, 0.25) is 0 Å². The lowest BCUT2D eigenvalue weighted by atomic mass is 10.1. The molecule has 106 valence electrons. The van der Waals surface area contributed by atoms with Crippen LogP contribution in [0, 0.1) is 11.6 Å². The lowest BCUT2D eigenvalue weighted by molar-refractivity contribution is 0.240. The SMILES string of the molecule is OCC(Cc1ccccc1)NCc1c(F)cccc1F. The number of benzene rings is 2. The van der Waals surface area contributed by atoms with Gasteiger partial charge in [0, 0.05) is 18.2 Å². The minimum Gasteiger partial charge on any atom is -0.395 e. The summed E-state index contributed by atoms with van der Waals surface area (Å²) >= 11 is 0. The molecule has 4 heteroatoms. The highest BCUT2D eigenvalue weighted by molar-refractivity contribution is 5.20. The standard InChI is InChI=1S/C16H17F2NO/c17-15-7-4-8-16(18)14(15)10-19-13(11-20)9-12-5-2-1-3-6-12/h1-8,13,19-20H,9-11H2. The summed E-state index contributed by atoms with van der Waals surface area (Å²) < 4.78 is 27.0. The number of aliphatic hydroxyl groups is 1. The largest absolute Gasteiger partial charge is 0.395 e. The van der Waals surface area contributed by atoms with Crippen LogP contribution in [0.2, 0.25) is 0 Å². The van der Waals surface area contributed by atoms with Gasteiger partial charge >= 0.3 is 0 Å². The summed E-state index contributed by atoms with van der Waals surface area (Å²) in [6.07, 6.45) is 0.605. The monoisotopic (exact) mass is 277 g/mol. The Morgan fingerprint density at radius 3 is 2.20 bits per heavy atom. The second-order valence-electron chi connectivity index (χ2n) is 4.65. The highest BCUT2D eigenvalue weighted by atomic mass is 19.1. The van der Waals surface area contributed by atoms with Gasteiger partial charge in [0.15, 0.2) is 0 Å². The summed E-state index contributed by atoms with van der Waals surface area (Å²) in [7, 11) is 0. The van der Waals surface area contributed by atoms with Crippen LogP contribution < -0.4 is 5.32 Å². The van der Waals surface area contributed by atoms with Gasteiger partial charge in [-0.05, 0) is 24.1 Å². The van der Waals surface area contributed by atoms with Gasteiger partial charge in [0.25, 0.3) is 0 Å². The van der Waals surface area contributed by atoms with Crippen LogP contribution in [-0.2, 0) is 13.0 Å².